The average Bonchev–Trinajstić information content (AvgIpc) is 3.13. The highest BCUT2D eigenvalue weighted by Gasteiger charge is 2.46. The molecule has 0 radical (unpaired) electrons. The summed E-state index contributed by atoms with van der Waals surface area (Å²) in [7, 11) is 0. The monoisotopic (exact) mass is 365 g/mol. The molecule has 1 saturated heterocycles. The Balaban J connectivity index is 1.68. The van der Waals surface area contributed by atoms with Crippen molar-refractivity contribution < 1.29 is 4.74 Å². The number of H-pyrrole nitrogens is 1. The van der Waals surface area contributed by atoms with Gasteiger partial charge in [0.1, 0.15) is 11.4 Å². The molecule has 0 aromatic carbocycles. The molecule has 24 heavy (non-hydrogen) atoms. The van der Waals surface area contributed by atoms with Crippen molar-refractivity contribution in [2.75, 3.05) is 6.61 Å². The minimum absolute atomic E-state index is 0.174. The number of aromatic nitrogens is 2. The Morgan fingerprint density at radius 3 is 3.00 bits per heavy atom. The van der Waals surface area contributed by atoms with Gasteiger partial charge in [-0.2, -0.15) is 0 Å². The van der Waals surface area contributed by atoms with Crippen molar-refractivity contribution in [2.45, 2.75) is 63.6 Å². The molecule has 2 aromatic rings. The van der Waals surface area contributed by atoms with Crippen LogP contribution in [0.3, 0.4) is 0 Å². The van der Waals surface area contributed by atoms with Crippen LogP contribution in [0.1, 0.15) is 67.5 Å². The smallest absolute Gasteiger partial charge is 0.123 e. The molecule has 6 heteroatoms. The topological polar surface area (TPSA) is 49.9 Å². The van der Waals surface area contributed by atoms with E-state index < -0.39 is 0 Å². The van der Waals surface area contributed by atoms with E-state index in [1.807, 2.05) is 6.20 Å². The molecule has 0 amide bonds. The van der Waals surface area contributed by atoms with Crippen molar-refractivity contribution in [1.82, 2.24) is 15.3 Å². The Bertz CT molecular complexity index is 740. The van der Waals surface area contributed by atoms with Crippen LogP contribution in [0.5, 0.6) is 0 Å². The molecule has 0 aliphatic carbocycles. The van der Waals surface area contributed by atoms with Crippen LogP contribution < -0.4 is 5.32 Å². The lowest BCUT2D eigenvalue weighted by Gasteiger charge is -2.45. The van der Waals surface area contributed by atoms with E-state index in [0.717, 1.165) is 36.0 Å². The van der Waals surface area contributed by atoms with Crippen molar-refractivity contribution in [3.05, 3.63) is 38.6 Å². The van der Waals surface area contributed by atoms with Crippen molar-refractivity contribution >= 4 is 22.9 Å². The summed E-state index contributed by atoms with van der Waals surface area (Å²) in [4.78, 5) is 9.47. The van der Waals surface area contributed by atoms with Gasteiger partial charge >= 0.3 is 0 Å². The second-order valence-corrected chi connectivity index (χ2v) is 9.09. The van der Waals surface area contributed by atoms with E-state index in [4.69, 9.17) is 16.3 Å². The van der Waals surface area contributed by atoms with Gasteiger partial charge in [-0.3, -0.25) is 0 Å². The van der Waals surface area contributed by atoms with Gasteiger partial charge in [0, 0.05) is 29.2 Å². The van der Waals surface area contributed by atoms with Gasteiger partial charge in [0.25, 0.3) is 0 Å². The molecule has 0 saturated carbocycles. The summed E-state index contributed by atoms with van der Waals surface area (Å²) in [6, 6.07) is 2.66. The van der Waals surface area contributed by atoms with Gasteiger partial charge in [-0.15, -0.1) is 11.3 Å². The third kappa shape index (κ3) is 2.81. The molecule has 1 fully saturated rings. The van der Waals surface area contributed by atoms with E-state index in [1.165, 1.54) is 16.1 Å². The average molecular weight is 366 g/mol. The number of imidazole rings is 1. The Hall–Kier alpha value is -0.880. The molecule has 2 aliphatic heterocycles. The molecule has 4 rings (SSSR count). The first-order valence-corrected chi connectivity index (χ1v) is 9.90. The Labute approximate surface area is 152 Å². The van der Waals surface area contributed by atoms with Crippen molar-refractivity contribution in [2.24, 2.45) is 0 Å². The summed E-state index contributed by atoms with van der Waals surface area (Å²) in [5, 5.41) is 3.69. The van der Waals surface area contributed by atoms with Crippen LogP contribution in [0.25, 0.3) is 0 Å². The van der Waals surface area contributed by atoms with Crippen molar-refractivity contribution in [3.8, 4) is 0 Å². The fourth-order valence-corrected chi connectivity index (χ4v) is 5.52. The van der Waals surface area contributed by atoms with Gasteiger partial charge in [-0.1, -0.05) is 25.4 Å². The predicted molar refractivity (Wildman–Crippen MR) is 97.9 cm³/mol. The molecule has 1 spiro atoms. The number of halogens is 1. The highest BCUT2D eigenvalue weighted by atomic mass is 35.5. The highest BCUT2D eigenvalue weighted by Crippen LogP contribution is 2.49. The van der Waals surface area contributed by atoms with Gasteiger partial charge in [-0.25, -0.2) is 4.98 Å². The predicted octanol–water partition coefficient (Wildman–Crippen LogP) is 4.53. The lowest BCUT2D eigenvalue weighted by Crippen LogP contribution is -2.49. The van der Waals surface area contributed by atoms with Gasteiger partial charge < -0.3 is 15.0 Å². The summed E-state index contributed by atoms with van der Waals surface area (Å²) in [5.74, 6) is 1.47. The van der Waals surface area contributed by atoms with Crippen molar-refractivity contribution in [1.29, 1.82) is 0 Å². The van der Waals surface area contributed by atoms with E-state index >= 15 is 0 Å². The molecule has 2 N–H and O–H groups in total. The molecule has 2 aliphatic rings. The van der Waals surface area contributed by atoms with Gasteiger partial charge in [0.15, 0.2) is 0 Å². The lowest BCUT2D eigenvalue weighted by atomic mass is 9.79. The molecule has 2 aromatic heterocycles. The second kappa shape index (κ2) is 6.13. The van der Waals surface area contributed by atoms with E-state index in [9.17, 15) is 0 Å². The van der Waals surface area contributed by atoms with Crippen LogP contribution in [0.15, 0.2) is 12.3 Å². The van der Waals surface area contributed by atoms with Crippen LogP contribution in [-0.4, -0.2) is 22.6 Å². The number of rotatable bonds is 2. The number of nitrogens with zero attached hydrogens (tertiary/aromatic N) is 1. The fraction of sp³-hybridized carbons (Fsp3) is 0.611. The number of hydrogen-bond acceptors (Lipinski definition) is 4. The number of nitrogens with one attached hydrogen (secondary N) is 2. The molecule has 130 valence electrons. The zero-order valence-corrected chi connectivity index (χ0v) is 15.9. The Morgan fingerprint density at radius 1 is 1.42 bits per heavy atom. The summed E-state index contributed by atoms with van der Waals surface area (Å²) in [5.41, 5.74) is 2.32. The van der Waals surface area contributed by atoms with E-state index in [1.54, 1.807) is 11.3 Å². The number of piperidine rings is 1. The first-order valence-electron chi connectivity index (χ1n) is 8.70. The fourth-order valence-electron chi connectivity index (χ4n) is 4.06. The van der Waals surface area contributed by atoms with E-state index in [-0.39, 0.29) is 11.6 Å². The summed E-state index contributed by atoms with van der Waals surface area (Å²) in [6.45, 7) is 7.36. The summed E-state index contributed by atoms with van der Waals surface area (Å²) < 4.78 is 7.26. The first-order chi connectivity index (χ1) is 11.5. The normalized spacial score (nSPS) is 30.0. The maximum absolute atomic E-state index is 6.39. The molecular weight excluding hydrogens is 342 g/mol. The largest absolute Gasteiger partial charge is 0.369 e. The molecule has 4 heterocycles. The van der Waals surface area contributed by atoms with Gasteiger partial charge in [0.05, 0.1) is 17.0 Å². The maximum Gasteiger partial charge on any atom is 0.123 e. The van der Waals surface area contributed by atoms with Crippen LogP contribution in [0, 0.1) is 0 Å². The molecular formula is C18H24ClN3OS. The quantitative estimate of drug-likeness (QED) is 0.822. The molecule has 0 bridgehead atoms. The third-order valence-corrected chi connectivity index (χ3v) is 6.66. The van der Waals surface area contributed by atoms with Crippen molar-refractivity contribution in [3.63, 3.8) is 0 Å². The minimum atomic E-state index is -0.231. The maximum atomic E-state index is 6.39. The molecule has 3 atom stereocenters. The van der Waals surface area contributed by atoms with Crippen LogP contribution in [0.2, 0.25) is 4.34 Å². The van der Waals surface area contributed by atoms with Crippen LogP contribution in [-0.2, 0) is 16.8 Å². The second-order valence-electron chi connectivity index (χ2n) is 7.40. The number of hydrogen-bond donors (Lipinski definition) is 2. The van der Waals surface area contributed by atoms with E-state index in [2.05, 4.69) is 42.1 Å². The SMILES string of the molecule is CC(C)c1cnc([C@@H]2C[C@]3(C[C@H](C)N2)OCCc2cc(Cl)sc23)[nH]1. The molecule has 0 unspecified atom stereocenters. The van der Waals surface area contributed by atoms with Crippen LogP contribution >= 0.6 is 22.9 Å². The number of fused-ring (bicyclic) bond motifs is 2. The summed E-state index contributed by atoms with van der Waals surface area (Å²) in [6.07, 6.45) is 4.80. The minimum Gasteiger partial charge on any atom is -0.369 e. The van der Waals surface area contributed by atoms with Gasteiger partial charge in [-0.05, 0) is 37.3 Å². The Morgan fingerprint density at radius 2 is 2.25 bits per heavy atom. The number of ether oxygens (including phenoxy) is 1. The van der Waals surface area contributed by atoms with E-state index in [0.29, 0.717) is 12.0 Å². The zero-order valence-electron chi connectivity index (χ0n) is 14.4. The van der Waals surface area contributed by atoms with Crippen LogP contribution in [0.4, 0.5) is 0 Å². The summed E-state index contributed by atoms with van der Waals surface area (Å²) >= 11 is 8.00. The number of aromatic amines is 1. The third-order valence-electron chi connectivity index (χ3n) is 5.17. The zero-order chi connectivity index (χ0) is 16.9. The lowest BCUT2D eigenvalue weighted by molar-refractivity contribution is -0.0960. The van der Waals surface area contributed by atoms with Gasteiger partial charge in [0.2, 0.25) is 0 Å². The number of thiophene rings is 1. The standard InChI is InChI=1S/C18H24ClN3OS/c1-10(2)14-9-20-17(22-14)13-8-18(7-11(3)21-13)16-12(4-5-23-18)6-15(19)24-16/h6,9-11,13,21H,4-5,7-8H2,1-3H3,(H,20,22)/t11-,13-,18-/m0/s1. The molecule has 4 nitrogen and oxygen atoms in total. The Kier molecular flexibility index (Phi) is 4.23. The highest BCUT2D eigenvalue weighted by molar-refractivity contribution is 7.16. The first kappa shape index (κ1) is 16.6.